The highest BCUT2D eigenvalue weighted by Crippen LogP contribution is 2.34. The van der Waals surface area contributed by atoms with Crippen LogP contribution in [-0.2, 0) is 4.79 Å². The maximum Gasteiger partial charge on any atom is 0.278 e. The summed E-state index contributed by atoms with van der Waals surface area (Å²) in [4.78, 5) is 32.1. The SMILES string of the molecule is CC(C(=O)Nc1c(Cl)cccc1Cl)N1CCN(c2ccc([N+](=O)[O-])c3cnccc23)CC1. The van der Waals surface area contributed by atoms with Gasteiger partial charge in [0.1, 0.15) is 0 Å². The molecule has 8 nitrogen and oxygen atoms in total. The lowest BCUT2D eigenvalue weighted by molar-refractivity contribution is -0.383. The van der Waals surface area contributed by atoms with Gasteiger partial charge in [-0.05, 0) is 31.2 Å². The monoisotopic (exact) mass is 473 g/mol. The number of para-hydroxylation sites is 1. The average Bonchev–Trinajstić information content (AvgIpc) is 2.80. The fourth-order valence-electron chi connectivity index (χ4n) is 3.96. The van der Waals surface area contributed by atoms with Crippen LogP contribution in [0.3, 0.4) is 0 Å². The van der Waals surface area contributed by atoms with Gasteiger partial charge < -0.3 is 10.2 Å². The number of hydrogen-bond acceptors (Lipinski definition) is 6. The van der Waals surface area contributed by atoms with Crippen LogP contribution in [0.5, 0.6) is 0 Å². The molecule has 1 amide bonds. The van der Waals surface area contributed by atoms with Crippen LogP contribution in [0.2, 0.25) is 10.0 Å². The number of carbonyl (C=O) groups excluding carboxylic acids is 1. The number of nitrogens with one attached hydrogen (secondary N) is 1. The van der Waals surface area contributed by atoms with E-state index in [0.717, 1.165) is 11.1 Å². The molecule has 1 saturated heterocycles. The molecule has 4 rings (SSSR count). The van der Waals surface area contributed by atoms with Gasteiger partial charge in [-0.25, -0.2) is 0 Å². The van der Waals surface area contributed by atoms with Crippen LogP contribution in [0.25, 0.3) is 10.8 Å². The molecule has 2 heterocycles. The van der Waals surface area contributed by atoms with E-state index in [1.54, 1.807) is 36.5 Å². The van der Waals surface area contributed by atoms with E-state index in [2.05, 4.69) is 20.1 Å². The number of nitrogens with zero attached hydrogens (tertiary/aromatic N) is 4. The molecule has 32 heavy (non-hydrogen) atoms. The van der Waals surface area contributed by atoms with Gasteiger partial charge in [-0.1, -0.05) is 29.3 Å². The Bertz CT molecular complexity index is 1160. The molecule has 1 atom stereocenters. The number of non-ortho nitro benzene ring substituents is 1. The van der Waals surface area contributed by atoms with E-state index < -0.39 is 4.92 Å². The smallest absolute Gasteiger partial charge is 0.278 e. The quantitative estimate of drug-likeness (QED) is 0.430. The summed E-state index contributed by atoms with van der Waals surface area (Å²) in [7, 11) is 0. The third-order valence-electron chi connectivity index (χ3n) is 5.76. The van der Waals surface area contributed by atoms with E-state index >= 15 is 0 Å². The number of rotatable bonds is 5. The predicted octanol–water partition coefficient (Wildman–Crippen LogP) is 4.60. The molecule has 1 unspecified atom stereocenters. The van der Waals surface area contributed by atoms with Crippen molar-refractivity contribution in [3.63, 3.8) is 0 Å². The number of aromatic nitrogens is 1. The van der Waals surface area contributed by atoms with Crippen LogP contribution >= 0.6 is 23.2 Å². The van der Waals surface area contributed by atoms with Crippen molar-refractivity contribution >= 4 is 56.9 Å². The summed E-state index contributed by atoms with van der Waals surface area (Å²) in [6.07, 6.45) is 3.16. The Morgan fingerprint density at radius 2 is 1.78 bits per heavy atom. The number of carbonyl (C=O) groups is 1. The van der Waals surface area contributed by atoms with Crippen LogP contribution in [0.15, 0.2) is 48.8 Å². The molecular weight excluding hydrogens is 453 g/mol. The zero-order valence-corrected chi connectivity index (χ0v) is 18.8. The van der Waals surface area contributed by atoms with E-state index in [0.29, 0.717) is 47.3 Å². The number of anilines is 2. The number of hydrogen-bond donors (Lipinski definition) is 1. The number of fused-ring (bicyclic) bond motifs is 1. The van der Waals surface area contributed by atoms with E-state index in [4.69, 9.17) is 23.2 Å². The largest absolute Gasteiger partial charge is 0.368 e. The summed E-state index contributed by atoms with van der Waals surface area (Å²) < 4.78 is 0. The zero-order valence-electron chi connectivity index (χ0n) is 17.3. The normalized spacial score (nSPS) is 15.5. The average molecular weight is 474 g/mol. The molecule has 1 aliphatic rings. The Morgan fingerprint density at radius 3 is 2.44 bits per heavy atom. The molecular formula is C22H21Cl2N5O3. The van der Waals surface area contributed by atoms with Crippen molar-refractivity contribution in [2.75, 3.05) is 36.4 Å². The molecule has 1 aromatic heterocycles. The number of benzene rings is 2. The second-order valence-electron chi connectivity index (χ2n) is 7.57. The van der Waals surface area contributed by atoms with Gasteiger partial charge in [0.05, 0.1) is 32.1 Å². The highest BCUT2D eigenvalue weighted by molar-refractivity contribution is 6.39. The summed E-state index contributed by atoms with van der Waals surface area (Å²) in [5, 5.41) is 16.3. The lowest BCUT2D eigenvalue weighted by Gasteiger charge is -2.39. The molecule has 0 radical (unpaired) electrons. The summed E-state index contributed by atoms with van der Waals surface area (Å²) in [5.74, 6) is -0.180. The number of pyridine rings is 1. The van der Waals surface area contributed by atoms with Gasteiger partial charge in [-0.2, -0.15) is 0 Å². The molecule has 0 saturated carbocycles. The first-order valence-corrected chi connectivity index (χ1v) is 10.9. The van der Waals surface area contributed by atoms with E-state index in [1.165, 1.54) is 12.3 Å². The van der Waals surface area contributed by atoms with E-state index in [9.17, 15) is 14.9 Å². The third kappa shape index (κ3) is 4.34. The molecule has 0 spiro atoms. The van der Waals surface area contributed by atoms with Crippen molar-refractivity contribution in [1.29, 1.82) is 0 Å². The zero-order chi connectivity index (χ0) is 22.8. The van der Waals surface area contributed by atoms with Gasteiger partial charge in [0.2, 0.25) is 5.91 Å². The number of amides is 1. The Labute approximate surface area is 194 Å². The van der Waals surface area contributed by atoms with E-state index in [1.807, 2.05) is 6.92 Å². The standard InChI is InChI=1S/C22H21Cl2N5O3/c1-14(22(30)26-21-17(23)3-2-4-18(21)24)27-9-11-28(12-10-27)19-5-6-20(29(31)32)16-13-25-8-7-15(16)19/h2-8,13-14H,9-12H2,1H3,(H,26,30). The minimum Gasteiger partial charge on any atom is -0.368 e. The minimum absolute atomic E-state index is 0.0408. The molecule has 0 bridgehead atoms. The van der Waals surface area contributed by atoms with Crippen LogP contribution in [0.4, 0.5) is 17.1 Å². The molecule has 2 aromatic carbocycles. The van der Waals surface area contributed by atoms with Crippen molar-refractivity contribution in [2.24, 2.45) is 0 Å². The Morgan fingerprint density at radius 1 is 1.09 bits per heavy atom. The molecule has 0 aliphatic carbocycles. The summed E-state index contributed by atoms with van der Waals surface area (Å²) in [5.41, 5.74) is 1.38. The van der Waals surface area contributed by atoms with Crippen molar-refractivity contribution < 1.29 is 9.72 Å². The molecule has 1 N–H and O–H groups in total. The maximum atomic E-state index is 12.8. The summed E-state index contributed by atoms with van der Waals surface area (Å²) in [6.45, 7) is 4.53. The first-order valence-electron chi connectivity index (χ1n) is 10.1. The van der Waals surface area contributed by atoms with E-state index in [-0.39, 0.29) is 17.6 Å². The highest BCUT2D eigenvalue weighted by atomic mass is 35.5. The minimum atomic E-state index is -0.392. The van der Waals surface area contributed by atoms with Gasteiger partial charge in [0.25, 0.3) is 5.69 Å². The summed E-state index contributed by atoms with van der Waals surface area (Å²) in [6, 6.07) is 9.81. The van der Waals surface area contributed by atoms with Gasteiger partial charge in [0, 0.05) is 55.7 Å². The first-order chi connectivity index (χ1) is 15.4. The Hall–Kier alpha value is -2.94. The van der Waals surface area contributed by atoms with Gasteiger partial charge >= 0.3 is 0 Å². The molecule has 166 valence electrons. The van der Waals surface area contributed by atoms with Gasteiger partial charge in [0.15, 0.2) is 0 Å². The molecule has 1 fully saturated rings. The van der Waals surface area contributed by atoms with Crippen LogP contribution < -0.4 is 10.2 Å². The van der Waals surface area contributed by atoms with Crippen molar-refractivity contribution in [3.05, 3.63) is 69.0 Å². The first kappa shape index (κ1) is 22.3. The van der Waals surface area contributed by atoms with Crippen molar-refractivity contribution in [3.8, 4) is 0 Å². The predicted molar refractivity (Wildman–Crippen MR) is 127 cm³/mol. The number of nitro groups is 1. The van der Waals surface area contributed by atoms with Gasteiger partial charge in [-0.3, -0.25) is 24.8 Å². The lowest BCUT2D eigenvalue weighted by Crippen LogP contribution is -2.52. The number of piperazine rings is 1. The summed E-state index contributed by atoms with van der Waals surface area (Å²) >= 11 is 12.3. The molecule has 10 heteroatoms. The maximum absolute atomic E-state index is 12.8. The second-order valence-corrected chi connectivity index (χ2v) is 8.38. The molecule has 1 aliphatic heterocycles. The fraction of sp³-hybridized carbons (Fsp3) is 0.273. The topological polar surface area (TPSA) is 91.6 Å². The lowest BCUT2D eigenvalue weighted by atomic mass is 10.1. The van der Waals surface area contributed by atoms with Crippen molar-refractivity contribution in [1.82, 2.24) is 9.88 Å². The van der Waals surface area contributed by atoms with Crippen LogP contribution in [-0.4, -0.2) is 52.9 Å². The Balaban J connectivity index is 1.46. The molecule has 3 aromatic rings. The fourth-order valence-corrected chi connectivity index (χ4v) is 4.45. The number of halogens is 2. The second kappa shape index (κ2) is 9.28. The third-order valence-corrected chi connectivity index (χ3v) is 6.39. The van der Waals surface area contributed by atoms with Crippen LogP contribution in [0, 0.1) is 10.1 Å². The van der Waals surface area contributed by atoms with Gasteiger partial charge in [-0.15, -0.1) is 0 Å². The van der Waals surface area contributed by atoms with Crippen molar-refractivity contribution in [2.45, 2.75) is 13.0 Å². The Kier molecular flexibility index (Phi) is 6.45. The highest BCUT2D eigenvalue weighted by Gasteiger charge is 2.27. The van der Waals surface area contributed by atoms with Crippen LogP contribution in [0.1, 0.15) is 6.92 Å². The number of nitro benzene ring substituents is 1.